The highest BCUT2D eigenvalue weighted by molar-refractivity contribution is 7.80. The van der Waals surface area contributed by atoms with E-state index in [-0.39, 0.29) is 0 Å². The van der Waals surface area contributed by atoms with Crippen molar-refractivity contribution in [2.24, 2.45) is 0 Å². The number of unbranched alkanes of at least 4 members (excludes halogenated alkanes) is 9. The molecule has 0 aliphatic carbocycles. The van der Waals surface area contributed by atoms with Crippen LogP contribution in [0.15, 0.2) is 0 Å². The summed E-state index contributed by atoms with van der Waals surface area (Å²) >= 11 is 0. The molecule has 0 heterocycles. The molecule has 0 saturated carbocycles. The molecule has 1 N–H and O–H groups in total. The van der Waals surface area contributed by atoms with E-state index >= 15 is 0 Å². The van der Waals surface area contributed by atoms with Crippen LogP contribution in [0.2, 0.25) is 0 Å². The Morgan fingerprint density at radius 3 is 1.55 bits per heavy atom. The molecule has 0 atom stereocenters. The van der Waals surface area contributed by atoms with E-state index < -0.39 is 16.0 Å². The molecule has 0 bridgehead atoms. The van der Waals surface area contributed by atoms with Gasteiger partial charge < -0.3 is 0 Å². The molecular weight excluding hydrogens is 300 g/mol. The first kappa shape index (κ1) is 21.9. The van der Waals surface area contributed by atoms with Gasteiger partial charge in [0.15, 0.2) is 0 Å². The summed E-state index contributed by atoms with van der Waals surface area (Å²) < 4.78 is 35.8. The van der Waals surface area contributed by atoms with Gasteiger partial charge in [-0.25, -0.2) is 4.18 Å². The summed E-state index contributed by atoms with van der Waals surface area (Å²) in [7, 11) is -4.37. The van der Waals surface area contributed by atoms with E-state index in [9.17, 15) is 8.42 Å². The van der Waals surface area contributed by atoms with Crippen LogP contribution in [0, 0.1) is 0 Å². The highest BCUT2D eigenvalue weighted by Gasteiger charge is 2.31. The quantitative estimate of drug-likeness (QED) is 0.309. The average molecular weight is 337 g/mol. The summed E-state index contributed by atoms with van der Waals surface area (Å²) in [6.07, 6.45) is 14.4. The van der Waals surface area contributed by atoms with E-state index in [1.54, 1.807) is 0 Å². The van der Waals surface area contributed by atoms with Gasteiger partial charge in [-0.15, -0.1) is 0 Å². The van der Waals surface area contributed by atoms with Crippen molar-refractivity contribution in [3.8, 4) is 0 Å². The van der Waals surface area contributed by atoms with Gasteiger partial charge in [-0.2, -0.15) is 8.42 Å². The predicted molar refractivity (Wildman–Crippen MR) is 92.4 cm³/mol. The molecule has 22 heavy (non-hydrogen) atoms. The van der Waals surface area contributed by atoms with Crippen molar-refractivity contribution in [3.63, 3.8) is 0 Å². The molecule has 4 nitrogen and oxygen atoms in total. The molecule has 0 saturated heterocycles. The first-order valence-corrected chi connectivity index (χ1v) is 10.4. The summed E-state index contributed by atoms with van der Waals surface area (Å²) in [6.45, 7) is 6.05. The van der Waals surface area contributed by atoms with Crippen LogP contribution in [0.1, 0.15) is 104 Å². The SMILES string of the molecule is CCCCCCCCCCCCC(CC)(CC)OS(=O)(=O)O. The van der Waals surface area contributed by atoms with Crippen molar-refractivity contribution in [2.75, 3.05) is 0 Å². The fraction of sp³-hybridized carbons (Fsp3) is 1.00. The second-order valence-electron chi connectivity index (χ2n) is 6.33. The maximum atomic E-state index is 11.0. The summed E-state index contributed by atoms with van der Waals surface area (Å²) in [4.78, 5) is 0. The maximum Gasteiger partial charge on any atom is 0.397 e. The molecule has 0 unspecified atom stereocenters. The Kier molecular flexibility index (Phi) is 12.2. The van der Waals surface area contributed by atoms with Crippen LogP contribution in [0.3, 0.4) is 0 Å². The average Bonchev–Trinajstić information content (AvgIpc) is 2.46. The molecule has 0 aliphatic heterocycles. The minimum atomic E-state index is -4.37. The third kappa shape index (κ3) is 11.4. The molecule has 0 spiro atoms. The van der Waals surface area contributed by atoms with Crippen molar-refractivity contribution in [1.29, 1.82) is 0 Å². The van der Waals surface area contributed by atoms with Gasteiger partial charge in [0.25, 0.3) is 0 Å². The van der Waals surface area contributed by atoms with Crippen LogP contribution in [-0.4, -0.2) is 18.6 Å². The fourth-order valence-corrected chi connectivity index (χ4v) is 3.69. The van der Waals surface area contributed by atoms with E-state index in [2.05, 4.69) is 6.92 Å². The smallest absolute Gasteiger partial charge is 0.264 e. The molecule has 0 radical (unpaired) electrons. The lowest BCUT2D eigenvalue weighted by atomic mass is 9.90. The van der Waals surface area contributed by atoms with E-state index in [0.29, 0.717) is 19.3 Å². The Morgan fingerprint density at radius 2 is 1.18 bits per heavy atom. The van der Waals surface area contributed by atoms with Gasteiger partial charge in [-0.1, -0.05) is 85.0 Å². The van der Waals surface area contributed by atoms with Crippen LogP contribution in [0.25, 0.3) is 0 Å². The van der Waals surface area contributed by atoms with Crippen LogP contribution in [0.4, 0.5) is 0 Å². The topological polar surface area (TPSA) is 63.6 Å². The number of rotatable bonds is 15. The fourth-order valence-electron chi connectivity index (χ4n) is 2.92. The standard InChI is InChI=1S/C17H36O4S/c1-4-7-8-9-10-11-12-13-14-15-16-17(5-2,6-3)21-22(18,19)20/h4-16H2,1-3H3,(H,18,19,20). The predicted octanol–water partition coefficient (Wildman–Crippen LogP) is 5.68. The van der Waals surface area contributed by atoms with Gasteiger partial charge in [-0.05, 0) is 19.3 Å². The van der Waals surface area contributed by atoms with Crippen molar-refractivity contribution < 1.29 is 17.2 Å². The van der Waals surface area contributed by atoms with Gasteiger partial charge in [-0.3, -0.25) is 4.55 Å². The summed E-state index contributed by atoms with van der Waals surface area (Å²) in [6, 6.07) is 0. The lowest BCUT2D eigenvalue weighted by molar-refractivity contribution is 0.0428. The van der Waals surface area contributed by atoms with Gasteiger partial charge in [0.1, 0.15) is 0 Å². The van der Waals surface area contributed by atoms with Crippen LogP contribution in [0.5, 0.6) is 0 Å². The highest BCUT2D eigenvalue weighted by atomic mass is 32.3. The monoisotopic (exact) mass is 336 g/mol. The van der Waals surface area contributed by atoms with Crippen molar-refractivity contribution >= 4 is 10.4 Å². The highest BCUT2D eigenvalue weighted by Crippen LogP contribution is 2.29. The van der Waals surface area contributed by atoms with Crippen molar-refractivity contribution in [3.05, 3.63) is 0 Å². The second-order valence-corrected chi connectivity index (χ2v) is 7.36. The van der Waals surface area contributed by atoms with E-state index in [1.807, 2.05) is 13.8 Å². The van der Waals surface area contributed by atoms with Gasteiger partial charge >= 0.3 is 10.4 Å². The third-order valence-electron chi connectivity index (χ3n) is 4.56. The molecule has 0 rings (SSSR count). The zero-order valence-corrected chi connectivity index (χ0v) is 15.6. The molecule has 0 aromatic rings. The molecule has 5 heteroatoms. The van der Waals surface area contributed by atoms with Gasteiger partial charge in [0.05, 0.1) is 5.60 Å². The third-order valence-corrected chi connectivity index (χ3v) is 5.12. The van der Waals surface area contributed by atoms with Crippen molar-refractivity contribution in [1.82, 2.24) is 0 Å². The molecule has 0 aromatic heterocycles. The molecule has 0 aromatic carbocycles. The lowest BCUT2D eigenvalue weighted by Crippen LogP contribution is -2.33. The summed E-state index contributed by atoms with van der Waals surface area (Å²) in [5, 5.41) is 0. The Labute approximate surface area is 138 Å². The molecule has 134 valence electrons. The summed E-state index contributed by atoms with van der Waals surface area (Å²) in [5.41, 5.74) is -0.728. The first-order valence-electron chi connectivity index (χ1n) is 9.07. The Bertz CT molecular complexity index is 348. The maximum absolute atomic E-state index is 11.0. The second kappa shape index (κ2) is 12.3. The van der Waals surface area contributed by atoms with Crippen LogP contribution in [-0.2, 0) is 14.6 Å². The zero-order valence-electron chi connectivity index (χ0n) is 14.8. The first-order chi connectivity index (χ1) is 10.4. The molecule has 0 aliphatic rings. The Hall–Kier alpha value is -0.130. The van der Waals surface area contributed by atoms with E-state index in [1.165, 1.54) is 51.4 Å². The minimum absolute atomic E-state index is 0.598. The summed E-state index contributed by atoms with van der Waals surface area (Å²) in [5.74, 6) is 0. The van der Waals surface area contributed by atoms with Crippen LogP contribution >= 0.6 is 0 Å². The molecule has 0 fully saturated rings. The largest absolute Gasteiger partial charge is 0.397 e. The van der Waals surface area contributed by atoms with Crippen molar-refractivity contribution in [2.45, 2.75) is 110 Å². The van der Waals surface area contributed by atoms with Crippen LogP contribution < -0.4 is 0 Å². The van der Waals surface area contributed by atoms with E-state index in [4.69, 9.17) is 8.74 Å². The lowest BCUT2D eigenvalue weighted by Gasteiger charge is -2.29. The van der Waals surface area contributed by atoms with E-state index in [0.717, 1.165) is 12.8 Å². The molecule has 0 amide bonds. The Balaban J connectivity index is 3.78. The Morgan fingerprint density at radius 1 is 0.773 bits per heavy atom. The minimum Gasteiger partial charge on any atom is -0.264 e. The van der Waals surface area contributed by atoms with Gasteiger partial charge in [0, 0.05) is 0 Å². The normalized spacial score (nSPS) is 12.7. The number of hydrogen-bond acceptors (Lipinski definition) is 3. The number of hydrogen-bond donors (Lipinski definition) is 1. The zero-order chi connectivity index (χ0) is 16.9. The van der Waals surface area contributed by atoms with Gasteiger partial charge in [0.2, 0.25) is 0 Å². The molecular formula is C17H36O4S.